The standard InChI is InChI=1S/C21H14N6O4S/c1-12-23-24-21-26(12)25-20(32-21)13-5-4-6-14(11-13)22-19(28)18-10-9-17(31-18)15-7-2-3-8-16(15)27(29)30/h2-11H,1H3,(H,22,28). The maximum atomic E-state index is 12.7. The van der Waals surface area contributed by atoms with Gasteiger partial charge in [0.2, 0.25) is 4.96 Å². The summed E-state index contributed by atoms with van der Waals surface area (Å²) in [6.07, 6.45) is 0. The molecule has 0 unspecified atom stereocenters. The predicted molar refractivity (Wildman–Crippen MR) is 118 cm³/mol. The van der Waals surface area contributed by atoms with E-state index in [9.17, 15) is 14.9 Å². The Kier molecular flexibility index (Phi) is 4.71. The molecule has 0 spiro atoms. The number of carbonyl (C=O) groups is 1. The predicted octanol–water partition coefficient (Wildman–Crippen LogP) is 4.58. The van der Waals surface area contributed by atoms with E-state index in [1.165, 1.54) is 29.5 Å². The number of carbonyl (C=O) groups excluding carboxylic acids is 1. The third-order valence-electron chi connectivity index (χ3n) is 4.71. The molecule has 0 fully saturated rings. The fourth-order valence-electron chi connectivity index (χ4n) is 3.20. The van der Waals surface area contributed by atoms with E-state index in [1.54, 1.807) is 40.9 Å². The average Bonchev–Trinajstić information content (AvgIpc) is 3.52. The number of aromatic nitrogens is 4. The zero-order chi connectivity index (χ0) is 22.2. The van der Waals surface area contributed by atoms with Gasteiger partial charge in [-0.05, 0) is 37.3 Å². The van der Waals surface area contributed by atoms with Gasteiger partial charge in [-0.3, -0.25) is 14.9 Å². The first-order valence-corrected chi connectivity index (χ1v) is 10.3. The Morgan fingerprint density at radius 1 is 1.12 bits per heavy atom. The molecule has 5 rings (SSSR count). The maximum absolute atomic E-state index is 12.7. The molecular weight excluding hydrogens is 432 g/mol. The Morgan fingerprint density at radius 3 is 2.78 bits per heavy atom. The van der Waals surface area contributed by atoms with Gasteiger partial charge in [-0.25, -0.2) is 0 Å². The number of aryl methyl sites for hydroxylation is 1. The lowest BCUT2D eigenvalue weighted by molar-refractivity contribution is -0.384. The smallest absolute Gasteiger partial charge is 0.291 e. The maximum Gasteiger partial charge on any atom is 0.291 e. The molecular formula is C21H14N6O4S. The number of fused-ring (bicyclic) bond motifs is 1. The molecule has 0 saturated carbocycles. The van der Waals surface area contributed by atoms with Crippen LogP contribution in [0, 0.1) is 17.0 Å². The van der Waals surface area contributed by atoms with Crippen LogP contribution in [0.15, 0.2) is 65.1 Å². The van der Waals surface area contributed by atoms with Crippen molar-refractivity contribution in [3.63, 3.8) is 0 Å². The zero-order valence-electron chi connectivity index (χ0n) is 16.6. The van der Waals surface area contributed by atoms with Crippen LogP contribution < -0.4 is 5.32 Å². The summed E-state index contributed by atoms with van der Waals surface area (Å²) in [6.45, 7) is 1.82. The van der Waals surface area contributed by atoms with E-state index in [-0.39, 0.29) is 17.2 Å². The van der Waals surface area contributed by atoms with Gasteiger partial charge < -0.3 is 9.73 Å². The van der Waals surface area contributed by atoms with Crippen LogP contribution in [0.3, 0.4) is 0 Å². The highest BCUT2D eigenvalue weighted by atomic mass is 32.1. The largest absolute Gasteiger partial charge is 0.451 e. The quantitative estimate of drug-likeness (QED) is 0.309. The van der Waals surface area contributed by atoms with E-state index in [4.69, 9.17) is 4.42 Å². The average molecular weight is 446 g/mol. The number of anilines is 1. The van der Waals surface area contributed by atoms with E-state index < -0.39 is 10.8 Å². The third kappa shape index (κ3) is 3.50. The first kappa shape index (κ1) is 19.6. The van der Waals surface area contributed by atoms with Crippen LogP contribution >= 0.6 is 11.3 Å². The van der Waals surface area contributed by atoms with E-state index in [2.05, 4.69) is 20.6 Å². The Balaban J connectivity index is 1.38. The van der Waals surface area contributed by atoms with Crippen molar-refractivity contribution in [2.75, 3.05) is 5.32 Å². The molecule has 0 radical (unpaired) electrons. The summed E-state index contributed by atoms with van der Waals surface area (Å²) < 4.78 is 7.27. The minimum absolute atomic E-state index is 0.0398. The van der Waals surface area contributed by atoms with Gasteiger partial charge in [-0.2, -0.15) is 9.61 Å². The summed E-state index contributed by atoms with van der Waals surface area (Å²) in [5, 5.41) is 27.3. The second-order valence-corrected chi connectivity index (χ2v) is 7.78. The van der Waals surface area contributed by atoms with Crippen LogP contribution in [0.5, 0.6) is 0 Å². The fourth-order valence-corrected chi connectivity index (χ4v) is 4.08. The van der Waals surface area contributed by atoms with Gasteiger partial charge in [0, 0.05) is 17.3 Å². The Morgan fingerprint density at radius 2 is 1.97 bits per heavy atom. The molecule has 0 aliphatic heterocycles. The van der Waals surface area contributed by atoms with Gasteiger partial charge >= 0.3 is 0 Å². The molecule has 32 heavy (non-hydrogen) atoms. The number of amides is 1. The van der Waals surface area contributed by atoms with Crippen molar-refractivity contribution in [3.05, 3.63) is 82.4 Å². The van der Waals surface area contributed by atoms with E-state index in [1.807, 2.05) is 13.0 Å². The molecule has 1 amide bonds. The van der Waals surface area contributed by atoms with Gasteiger partial charge in [0.05, 0.1) is 10.5 Å². The number of nitro groups is 1. The number of rotatable bonds is 5. The van der Waals surface area contributed by atoms with E-state index in [0.717, 1.165) is 10.6 Å². The van der Waals surface area contributed by atoms with Gasteiger partial charge in [0.1, 0.15) is 10.8 Å². The number of para-hydroxylation sites is 1. The molecule has 0 saturated heterocycles. The van der Waals surface area contributed by atoms with Crippen molar-refractivity contribution < 1.29 is 14.1 Å². The molecule has 0 aliphatic rings. The van der Waals surface area contributed by atoms with Crippen molar-refractivity contribution >= 4 is 33.6 Å². The Hall–Kier alpha value is -4.38. The first-order chi connectivity index (χ1) is 15.5. The molecule has 3 heterocycles. The van der Waals surface area contributed by atoms with Gasteiger partial charge in [0.25, 0.3) is 11.6 Å². The number of nitrogens with zero attached hydrogens (tertiary/aromatic N) is 5. The summed E-state index contributed by atoms with van der Waals surface area (Å²) in [5.74, 6) is 0.504. The molecule has 158 valence electrons. The molecule has 1 N–H and O–H groups in total. The fraction of sp³-hybridized carbons (Fsp3) is 0.0476. The van der Waals surface area contributed by atoms with Gasteiger partial charge in [0.15, 0.2) is 11.6 Å². The van der Waals surface area contributed by atoms with E-state index in [0.29, 0.717) is 22.0 Å². The Bertz CT molecular complexity index is 1480. The molecule has 5 aromatic rings. The minimum Gasteiger partial charge on any atom is -0.451 e. The number of hydrogen-bond donors (Lipinski definition) is 1. The van der Waals surface area contributed by atoms with Crippen molar-refractivity contribution in [3.8, 4) is 21.9 Å². The van der Waals surface area contributed by atoms with Gasteiger partial charge in [-0.15, -0.1) is 10.2 Å². The molecule has 10 nitrogen and oxygen atoms in total. The van der Waals surface area contributed by atoms with Crippen molar-refractivity contribution in [2.24, 2.45) is 0 Å². The Labute approximate surface area is 184 Å². The number of hydrogen-bond acceptors (Lipinski definition) is 8. The van der Waals surface area contributed by atoms with E-state index >= 15 is 0 Å². The second kappa shape index (κ2) is 7.71. The van der Waals surface area contributed by atoms with Crippen LogP contribution in [0.25, 0.3) is 26.9 Å². The molecule has 11 heteroatoms. The monoisotopic (exact) mass is 446 g/mol. The van der Waals surface area contributed by atoms with Crippen LogP contribution in [-0.2, 0) is 0 Å². The SMILES string of the molecule is Cc1nnc2sc(-c3cccc(NC(=O)c4ccc(-c5ccccc5[N+](=O)[O-])o4)c3)nn12. The summed E-state index contributed by atoms with van der Waals surface area (Å²) in [4.78, 5) is 24.1. The van der Waals surface area contributed by atoms with Gasteiger partial charge in [-0.1, -0.05) is 35.6 Å². The summed E-state index contributed by atoms with van der Waals surface area (Å²) >= 11 is 1.39. The third-order valence-corrected chi connectivity index (χ3v) is 5.66. The van der Waals surface area contributed by atoms with Crippen LogP contribution in [0.4, 0.5) is 11.4 Å². The summed E-state index contributed by atoms with van der Waals surface area (Å²) in [5.41, 5.74) is 1.58. The van der Waals surface area contributed by atoms with Crippen molar-refractivity contribution in [2.45, 2.75) is 6.92 Å². The number of nitro benzene ring substituents is 1. The highest BCUT2D eigenvalue weighted by Crippen LogP contribution is 2.31. The summed E-state index contributed by atoms with van der Waals surface area (Å²) in [7, 11) is 0. The lowest BCUT2D eigenvalue weighted by atomic mass is 10.1. The van der Waals surface area contributed by atoms with Crippen LogP contribution in [0.1, 0.15) is 16.4 Å². The number of benzene rings is 2. The summed E-state index contributed by atoms with van der Waals surface area (Å²) in [6, 6.07) is 16.5. The zero-order valence-corrected chi connectivity index (χ0v) is 17.4. The molecule has 0 aliphatic carbocycles. The molecule has 0 atom stereocenters. The molecule has 2 aromatic carbocycles. The van der Waals surface area contributed by atoms with Crippen molar-refractivity contribution in [1.29, 1.82) is 0 Å². The van der Waals surface area contributed by atoms with Crippen molar-refractivity contribution in [1.82, 2.24) is 19.8 Å². The number of furan rings is 1. The molecule has 0 bridgehead atoms. The highest BCUT2D eigenvalue weighted by molar-refractivity contribution is 7.19. The topological polar surface area (TPSA) is 128 Å². The van der Waals surface area contributed by atoms with Crippen LogP contribution in [-0.4, -0.2) is 30.6 Å². The molecule has 3 aromatic heterocycles. The lowest BCUT2D eigenvalue weighted by Gasteiger charge is -2.05. The second-order valence-electron chi connectivity index (χ2n) is 6.82. The lowest BCUT2D eigenvalue weighted by Crippen LogP contribution is -2.10. The van der Waals surface area contributed by atoms with Crippen LogP contribution in [0.2, 0.25) is 0 Å². The minimum atomic E-state index is -0.490. The first-order valence-electron chi connectivity index (χ1n) is 9.44. The highest BCUT2D eigenvalue weighted by Gasteiger charge is 2.19. The normalized spacial score (nSPS) is 11.0. The number of nitrogens with one attached hydrogen (secondary N) is 1.